The van der Waals surface area contributed by atoms with Crippen molar-refractivity contribution in [3.8, 4) is 22.4 Å². The van der Waals surface area contributed by atoms with Crippen molar-refractivity contribution < 1.29 is 4.90 Å². The molecule has 0 saturated carbocycles. The van der Waals surface area contributed by atoms with Crippen molar-refractivity contribution in [2.24, 2.45) is 0 Å². The quantitative estimate of drug-likeness (QED) is 0.557. The third-order valence-corrected chi connectivity index (χ3v) is 4.56. The summed E-state index contributed by atoms with van der Waals surface area (Å²) < 4.78 is 1.90. The molecule has 2 heterocycles. The van der Waals surface area contributed by atoms with Crippen molar-refractivity contribution in [1.82, 2.24) is 14.6 Å². The van der Waals surface area contributed by atoms with Crippen molar-refractivity contribution in [3.05, 3.63) is 72.9 Å². The lowest BCUT2D eigenvalue weighted by molar-refractivity contribution is -0.856. The number of likely N-dealkylation sites (N-methyl/N-ethyl adjacent to an activating group) is 1. The highest BCUT2D eigenvalue weighted by Gasteiger charge is 2.14. The van der Waals surface area contributed by atoms with Crippen LogP contribution in [0.25, 0.3) is 28.0 Å². The van der Waals surface area contributed by atoms with Gasteiger partial charge in [0.05, 0.1) is 39.1 Å². The molecule has 0 atom stereocenters. The van der Waals surface area contributed by atoms with E-state index in [1.807, 2.05) is 47.1 Å². The van der Waals surface area contributed by atoms with E-state index in [1.165, 1.54) is 4.90 Å². The summed E-state index contributed by atoms with van der Waals surface area (Å²) in [4.78, 5) is 6.35. The smallest absolute Gasteiger partial charge is 0.165 e. The molecule has 0 aliphatic rings. The fraction of sp³-hybridized carbons (Fsp3) is 0.182. The molecule has 0 bridgehead atoms. The van der Waals surface area contributed by atoms with Crippen molar-refractivity contribution in [2.45, 2.75) is 0 Å². The van der Waals surface area contributed by atoms with Crippen molar-refractivity contribution in [2.75, 3.05) is 32.5 Å². The number of fused-ring (bicyclic) bond motifs is 1. The summed E-state index contributed by atoms with van der Waals surface area (Å²) in [6.45, 7) is 1.90. The van der Waals surface area contributed by atoms with Gasteiger partial charge in [0.2, 0.25) is 0 Å². The number of anilines is 1. The van der Waals surface area contributed by atoms with Gasteiger partial charge in [-0.25, -0.2) is 4.98 Å². The molecule has 0 amide bonds. The maximum Gasteiger partial charge on any atom is 0.165 e. The Kier molecular flexibility index (Phi) is 4.85. The van der Waals surface area contributed by atoms with Crippen molar-refractivity contribution >= 4 is 11.5 Å². The maximum absolute atomic E-state index is 4.94. The van der Waals surface area contributed by atoms with Crippen LogP contribution in [0.4, 0.5) is 5.82 Å². The second-order valence-electron chi connectivity index (χ2n) is 6.94. The van der Waals surface area contributed by atoms with E-state index in [-0.39, 0.29) is 0 Å². The number of nitrogens with one attached hydrogen (secondary N) is 2. The van der Waals surface area contributed by atoms with Crippen LogP contribution >= 0.6 is 0 Å². The first-order valence-electron chi connectivity index (χ1n) is 9.25. The van der Waals surface area contributed by atoms with Crippen LogP contribution in [0.15, 0.2) is 72.9 Å². The highest BCUT2D eigenvalue weighted by atomic mass is 15.3. The summed E-state index contributed by atoms with van der Waals surface area (Å²) in [5, 5.41) is 8.15. The van der Waals surface area contributed by atoms with Crippen LogP contribution in [0.5, 0.6) is 0 Å². The molecule has 0 unspecified atom stereocenters. The molecule has 136 valence electrons. The molecule has 0 radical (unpaired) electrons. The highest BCUT2D eigenvalue weighted by Crippen LogP contribution is 2.28. The summed E-state index contributed by atoms with van der Waals surface area (Å²) >= 11 is 0. The van der Waals surface area contributed by atoms with Gasteiger partial charge in [-0.2, -0.15) is 9.61 Å². The van der Waals surface area contributed by atoms with E-state index in [9.17, 15) is 0 Å². The van der Waals surface area contributed by atoms with Gasteiger partial charge in [0.1, 0.15) is 5.82 Å². The largest absolute Gasteiger partial charge is 0.364 e. The van der Waals surface area contributed by atoms with Crippen molar-refractivity contribution in [1.29, 1.82) is 0 Å². The standard InChI is InChI=1S/C22H23N5/c1-26(2)14-13-23-21-15-20(18-11-7-4-8-12-18)25-22-19(16-24-27(21)22)17-9-5-3-6-10-17/h3-12,15-16,23H,13-14H2,1-2H3/p+1. The maximum atomic E-state index is 4.94. The van der Waals surface area contributed by atoms with E-state index in [1.54, 1.807) is 0 Å². The van der Waals surface area contributed by atoms with Crippen LogP contribution in [0.3, 0.4) is 0 Å². The van der Waals surface area contributed by atoms with Crippen LogP contribution in [-0.4, -0.2) is 41.8 Å². The normalized spacial score (nSPS) is 11.2. The zero-order chi connectivity index (χ0) is 18.6. The van der Waals surface area contributed by atoms with E-state index >= 15 is 0 Å². The molecule has 5 heteroatoms. The first kappa shape index (κ1) is 17.2. The molecule has 2 aromatic carbocycles. The Bertz CT molecular complexity index is 1020. The number of quaternary nitrogens is 1. The zero-order valence-electron chi connectivity index (χ0n) is 15.7. The summed E-state index contributed by atoms with van der Waals surface area (Å²) in [6.07, 6.45) is 1.90. The minimum atomic E-state index is 0.863. The fourth-order valence-electron chi connectivity index (χ4n) is 3.11. The molecule has 0 fully saturated rings. The van der Waals surface area contributed by atoms with Gasteiger partial charge in [0.25, 0.3) is 0 Å². The summed E-state index contributed by atoms with van der Waals surface area (Å²) in [7, 11) is 4.31. The molecular weight excluding hydrogens is 334 g/mol. The SMILES string of the molecule is C[NH+](C)CCNc1cc(-c2ccccc2)nc2c(-c3ccccc3)cnn12. The third kappa shape index (κ3) is 3.68. The lowest BCUT2D eigenvalue weighted by atomic mass is 10.1. The Morgan fingerprint density at radius 3 is 2.26 bits per heavy atom. The molecule has 2 N–H and O–H groups in total. The van der Waals surface area contributed by atoms with E-state index in [2.05, 4.69) is 54.8 Å². The molecule has 0 spiro atoms. The van der Waals surface area contributed by atoms with Gasteiger partial charge in [-0.05, 0) is 5.56 Å². The predicted octanol–water partition coefficient (Wildman–Crippen LogP) is 2.62. The second kappa shape index (κ2) is 7.60. The molecule has 2 aromatic heterocycles. The summed E-state index contributed by atoms with van der Waals surface area (Å²) in [6, 6.07) is 22.6. The Labute approximate surface area is 159 Å². The summed E-state index contributed by atoms with van der Waals surface area (Å²) in [5.41, 5.74) is 5.06. The number of hydrogen-bond donors (Lipinski definition) is 2. The van der Waals surface area contributed by atoms with Gasteiger partial charge >= 0.3 is 0 Å². The Balaban J connectivity index is 1.84. The van der Waals surface area contributed by atoms with Gasteiger partial charge in [-0.15, -0.1) is 0 Å². The summed E-state index contributed by atoms with van der Waals surface area (Å²) in [5.74, 6) is 0.960. The van der Waals surface area contributed by atoms with Gasteiger partial charge in [0.15, 0.2) is 5.65 Å². The molecule has 0 aliphatic carbocycles. The predicted molar refractivity (Wildman–Crippen MR) is 110 cm³/mol. The van der Waals surface area contributed by atoms with E-state index < -0.39 is 0 Å². The Morgan fingerprint density at radius 2 is 1.59 bits per heavy atom. The molecule has 4 rings (SSSR count). The van der Waals surface area contributed by atoms with E-state index in [0.29, 0.717) is 0 Å². The minimum Gasteiger partial charge on any atom is -0.364 e. The zero-order valence-corrected chi connectivity index (χ0v) is 15.7. The Morgan fingerprint density at radius 1 is 0.926 bits per heavy atom. The number of aromatic nitrogens is 3. The third-order valence-electron chi connectivity index (χ3n) is 4.56. The monoisotopic (exact) mass is 358 g/mol. The van der Waals surface area contributed by atoms with E-state index in [0.717, 1.165) is 46.9 Å². The van der Waals surface area contributed by atoms with Crippen LogP contribution in [-0.2, 0) is 0 Å². The Hall–Kier alpha value is -3.18. The molecule has 0 saturated heterocycles. The van der Waals surface area contributed by atoms with Gasteiger partial charge in [-0.3, -0.25) is 0 Å². The van der Waals surface area contributed by atoms with Gasteiger partial charge < -0.3 is 10.2 Å². The average Bonchev–Trinajstić information content (AvgIpc) is 3.13. The number of benzene rings is 2. The van der Waals surface area contributed by atoms with Crippen LogP contribution in [0, 0.1) is 0 Å². The second-order valence-corrected chi connectivity index (χ2v) is 6.94. The average molecular weight is 358 g/mol. The lowest BCUT2D eigenvalue weighted by Gasteiger charge is -2.12. The fourth-order valence-corrected chi connectivity index (χ4v) is 3.11. The van der Waals surface area contributed by atoms with Gasteiger partial charge in [-0.1, -0.05) is 60.7 Å². The van der Waals surface area contributed by atoms with Gasteiger partial charge in [0, 0.05) is 17.2 Å². The molecule has 5 nitrogen and oxygen atoms in total. The van der Waals surface area contributed by atoms with E-state index in [4.69, 9.17) is 4.98 Å². The molecular formula is C22H24N5+. The van der Waals surface area contributed by atoms with Crippen molar-refractivity contribution in [3.63, 3.8) is 0 Å². The molecule has 0 aliphatic heterocycles. The number of rotatable bonds is 6. The number of hydrogen-bond acceptors (Lipinski definition) is 3. The van der Waals surface area contributed by atoms with Crippen LogP contribution < -0.4 is 10.2 Å². The highest BCUT2D eigenvalue weighted by molar-refractivity contribution is 5.80. The molecule has 27 heavy (non-hydrogen) atoms. The van der Waals surface area contributed by atoms with Crippen LogP contribution in [0.2, 0.25) is 0 Å². The molecule has 4 aromatic rings. The topological polar surface area (TPSA) is 46.7 Å². The van der Waals surface area contributed by atoms with Crippen LogP contribution in [0.1, 0.15) is 0 Å². The minimum absolute atomic E-state index is 0.863. The first-order valence-corrected chi connectivity index (χ1v) is 9.25. The number of nitrogens with zero attached hydrogens (tertiary/aromatic N) is 3. The first-order chi connectivity index (χ1) is 13.2. The lowest BCUT2D eigenvalue weighted by Crippen LogP contribution is -3.06.